The standard InChI is InChI=1S/C29H30N2O5S/c1-3-35-28-13-7-6-12-26(28)31(37(33,34)24-17-15-22(2)16-18-24)21-29(32)30-19-20-36-27-14-8-10-23-9-4-5-11-25(23)27/h4-18H,3,19-21H2,1-2H3,(H,30,32). The monoisotopic (exact) mass is 518 g/mol. The second kappa shape index (κ2) is 11.8. The first-order valence-corrected chi connectivity index (χ1v) is 13.5. The van der Waals surface area contributed by atoms with E-state index in [1.54, 1.807) is 36.4 Å². The van der Waals surface area contributed by atoms with Gasteiger partial charge in [-0.25, -0.2) is 8.42 Å². The molecule has 0 saturated carbocycles. The molecule has 37 heavy (non-hydrogen) atoms. The number of aryl methyl sites for hydroxylation is 1. The van der Waals surface area contributed by atoms with Gasteiger partial charge in [-0.3, -0.25) is 9.10 Å². The van der Waals surface area contributed by atoms with Crippen LogP contribution >= 0.6 is 0 Å². The van der Waals surface area contributed by atoms with E-state index >= 15 is 0 Å². The highest BCUT2D eigenvalue weighted by atomic mass is 32.2. The summed E-state index contributed by atoms with van der Waals surface area (Å²) in [5.41, 5.74) is 1.23. The molecule has 0 saturated heterocycles. The summed E-state index contributed by atoms with van der Waals surface area (Å²) in [6.45, 7) is 4.10. The molecule has 1 amide bonds. The maximum atomic E-state index is 13.6. The number of fused-ring (bicyclic) bond motifs is 1. The van der Waals surface area contributed by atoms with E-state index in [-0.39, 0.29) is 18.0 Å². The van der Waals surface area contributed by atoms with Crippen LogP contribution in [0.25, 0.3) is 10.8 Å². The fourth-order valence-corrected chi connectivity index (χ4v) is 5.37. The number of sulfonamides is 1. The van der Waals surface area contributed by atoms with Crippen molar-refractivity contribution in [2.24, 2.45) is 0 Å². The number of amides is 1. The average Bonchev–Trinajstić information content (AvgIpc) is 2.90. The van der Waals surface area contributed by atoms with Crippen molar-refractivity contribution >= 4 is 32.4 Å². The molecule has 0 heterocycles. The molecule has 0 radical (unpaired) electrons. The Bertz CT molecular complexity index is 1460. The molecule has 0 aromatic heterocycles. The Morgan fingerprint density at radius 1 is 0.838 bits per heavy atom. The highest BCUT2D eigenvalue weighted by Crippen LogP contribution is 2.32. The third-order valence-corrected chi connectivity index (χ3v) is 7.54. The smallest absolute Gasteiger partial charge is 0.264 e. The molecule has 0 atom stereocenters. The maximum absolute atomic E-state index is 13.6. The van der Waals surface area contributed by atoms with Crippen LogP contribution in [0.4, 0.5) is 5.69 Å². The van der Waals surface area contributed by atoms with Crippen LogP contribution in [0.1, 0.15) is 12.5 Å². The van der Waals surface area contributed by atoms with E-state index in [1.165, 1.54) is 12.1 Å². The van der Waals surface area contributed by atoms with E-state index in [2.05, 4.69) is 5.32 Å². The van der Waals surface area contributed by atoms with Gasteiger partial charge in [-0.1, -0.05) is 66.2 Å². The summed E-state index contributed by atoms with van der Waals surface area (Å²) in [5, 5.41) is 4.82. The number of carbonyl (C=O) groups is 1. The van der Waals surface area contributed by atoms with Crippen LogP contribution in [0.2, 0.25) is 0 Å². The Morgan fingerprint density at radius 3 is 2.30 bits per heavy atom. The van der Waals surface area contributed by atoms with Crippen molar-refractivity contribution in [3.8, 4) is 11.5 Å². The third kappa shape index (κ3) is 6.21. The molecule has 4 aromatic rings. The van der Waals surface area contributed by atoms with Crippen LogP contribution < -0.4 is 19.1 Å². The Kier molecular flexibility index (Phi) is 8.30. The number of hydrogen-bond donors (Lipinski definition) is 1. The van der Waals surface area contributed by atoms with Crippen LogP contribution in [-0.2, 0) is 14.8 Å². The molecule has 0 aliphatic heterocycles. The van der Waals surface area contributed by atoms with Crippen molar-refractivity contribution in [2.75, 3.05) is 30.6 Å². The van der Waals surface area contributed by atoms with Crippen LogP contribution in [0, 0.1) is 6.92 Å². The first kappa shape index (κ1) is 26.0. The number of anilines is 1. The number of ether oxygens (including phenoxy) is 2. The molecule has 0 aliphatic carbocycles. The fraction of sp³-hybridized carbons (Fsp3) is 0.207. The van der Waals surface area contributed by atoms with Gasteiger partial charge >= 0.3 is 0 Å². The highest BCUT2D eigenvalue weighted by Gasteiger charge is 2.29. The third-order valence-electron chi connectivity index (χ3n) is 5.76. The number of carbonyl (C=O) groups excluding carboxylic acids is 1. The first-order valence-electron chi connectivity index (χ1n) is 12.1. The zero-order chi connectivity index (χ0) is 26.3. The molecule has 8 heteroatoms. The van der Waals surface area contributed by atoms with Crippen molar-refractivity contribution in [2.45, 2.75) is 18.7 Å². The second-order valence-corrected chi connectivity index (χ2v) is 10.3. The van der Waals surface area contributed by atoms with Gasteiger partial charge in [-0.15, -0.1) is 0 Å². The van der Waals surface area contributed by atoms with Crippen LogP contribution in [0.15, 0.2) is 95.9 Å². The van der Waals surface area contributed by atoms with Gasteiger partial charge in [0, 0.05) is 5.39 Å². The Morgan fingerprint density at radius 2 is 1.51 bits per heavy atom. The van der Waals surface area contributed by atoms with E-state index in [9.17, 15) is 13.2 Å². The van der Waals surface area contributed by atoms with Gasteiger partial charge in [0.25, 0.3) is 10.0 Å². The fourth-order valence-electron chi connectivity index (χ4n) is 3.94. The minimum Gasteiger partial charge on any atom is -0.492 e. The molecule has 1 N–H and O–H groups in total. The van der Waals surface area contributed by atoms with E-state index in [1.807, 2.05) is 56.3 Å². The van der Waals surface area contributed by atoms with Crippen molar-refractivity contribution < 1.29 is 22.7 Å². The summed E-state index contributed by atoms with van der Waals surface area (Å²) >= 11 is 0. The number of nitrogens with one attached hydrogen (secondary N) is 1. The van der Waals surface area contributed by atoms with Gasteiger partial charge in [0.1, 0.15) is 24.7 Å². The highest BCUT2D eigenvalue weighted by molar-refractivity contribution is 7.92. The average molecular weight is 519 g/mol. The summed E-state index contributed by atoms with van der Waals surface area (Å²) < 4.78 is 39.9. The van der Waals surface area contributed by atoms with Gasteiger partial charge < -0.3 is 14.8 Å². The minimum atomic E-state index is -4.04. The van der Waals surface area contributed by atoms with Crippen molar-refractivity contribution in [3.63, 3.8) is 0 Å². The number of hydrogen-bond acceptors (Lipinski definition) is 5. The van der Waals surface area contributed by atoms with Crippen LogP contribution in [-0.4, -0.2) is 40.6 Å². The zero-order valence-electron chi connectivity index (χ0n) is 20.9. The van der Waals surface area contributed by atoms with Crippen molar-refractivity contribution in [1.29, 1.82) is 0 Å². The van der Waals surface area contributed by atoms with Crippen LogP contribution in [0.3, 0.4) is 0 Å². The Labute approximate surface area is 217 Å². The Balaban J connectivity index is 1.49. The molecular formula is C29H30N2O5S. The SMILES string of the molecule is CCOc1ccccc1N(CC(=O)NCCOc1cccc2ccccc12)S(=O)(=O)c1ccc(C)cc1. The predicted molar refractivity (Wildman–Crippen MR) is 146 cm³/mol. The number of rotatable bonds is 11. The molecule has 0 unspecified atom stereocenters. The molecule has 0 aliphatic rings. The first-order chi connectivity index (χ1) is 17.9. The number of para-hydroxylation sites is 2. The van der Waals surface area contributed by atoms with E-state index < -0.39 is 22.5 Å². The maximum Gasteiger partial charge on any atom is 0.264 e. The lowest BCUT2D eigenvalue weighted by molar-refractivity contribution is -0.119. The van der Waals surface area contributed by atoms with Gasteiger partial charge in [0.15, 0.2) is 0 Å². The second-order valence-electron chi connectivity index (χ2n) is 8.40. The van der Waals surface area contributed by atoms with Crippen molar-refractivity contribution in [3.05, 3.63) is 96.6 Å². The number of nitrogens with zero attached hydrogens (tertiary/aromatic N) is 1. The lowest BCUT2D eigenvalue weighted by atomic mass is 10.1. The lowest BCUT2D eigenvalue weighted by Crippen LogP contribution is -2.42. The van der Waals surface area contributed by atoms with Gasteiger partial charge in [-0.05, 0) is 49.6 Å². The van der Waals surface area contributed by atoms with E-state index in [4.69, 9.17) is 9.47 Å². The van der Waals surface area contributed by atoms with Gasteiger partial charge in [0.2, 0.25) is 5.91 Å². The van der Waals surface area contributed by atoms with E-state index in [0.717, 1.165) is 26.4 Å². The number of benzene rings is 4. The molecule has 0 fully saturated rings. The normalized spacial score (nSPS) is 11.2. The summed E-state index contributed by atoms with van der Waals surface area (Å²) in [4.78, 5) is 13.0. The van der Waals surface area contributed by atoms with Crippen molar-refractivity contribution in [1.82, 2.24) is 5.32 Å². The molecule has 7 nitrogen and oxygen atoms in total. The summed E-state index contributed by atoms with van der Waals surface area (Å²) in [5.74, 6) is 0.651. The quantitative estimate of drug-likeness (QED) is 0.285. The van der Waals surface area contributed by atoms with E-state index in [0.29, 0.717) is 18.0 Å². The Hall–Kier alpha value is -4.04. The molecule has 0 bridgehead atoms. The van der Waals surface area contributed by atoms with Gasteiger partial charge in [0.05, 0.1) is 23.7 Å². The molecule has 192 valence electrons. The summed E-state index contributed by atoms with van der Waals surface area (Å²) in [6.07, 6.45) is 0. The molecule has 4 rings (SSSR count). The molecular weight excluding hydrogens is 488 g/mol. The summed E-state index contributed by atoms with van der Waals surface area (Å²) in [6, 6.07) is 27.0. The molecule has 4 aromatic carbocycles. The largest absolute Gasteiger partial charge is 0.492 e. The minimum absolute atomic E-state index is 0.0940. The lowest BCUT2D eigenvalue weighted by Gasteiger charge is -2.26. The predicted octanol–water partition coefficient (Wildman–Crippen LogP) is 4.94. The van der Waals surface area contributed by atoms with Gasteiger partial charge in [-0.2, -0.15) is 0 Å². The van der Waals surface area contributed by atoms with Crippen LogP contribution in [0.5, 0.6) is 11.5 Å². The summed E-state index contributed by atoms with van der Waals surface area (Å²) in [7, 11) is -4.04. The molecule has 0 spiro atoms. The zero-order valence-corrected chi connectivity index (χ0v) is 21.7. The topological polar surface area (TPSA) is 84.9 Å².